The number of fused-ring (bicyclic) bond motifs is 4. The van der Waals surface area contributed by atoms with Crippen LogP contribution in [0.25, 0.3) is 0 Å². The second-order valence-corrected chi connectivity index (χ2v) is 6.63. The largest absolute Gasteiger partial charge is 0.312 e. The van der Waals surface area contributed by atoms with Crippen LogP contribution in [-0.4, -0.2) is 22.6 Å². The van der Waals surface area contributed by atoms with Gasteiger partial charge in [0, 0.05) is 49.4 Å². The Morgan fingerprint density at radius 3 is 2.83 bits per heavy atom. The van der Waals surface area contributed by atoms with Gasteiger partial charge in [0.15, 0.2) is 0 Å². The van der Waals surface area contributed by atoms with Crippen LogP contribution < -0.4 is 5.56 Å². The van der Waals surface area contributed by atoms with Crippen molar-refractivity contribution in [2.75, 3.05) is 13.1 Å². The first kappa shape index (κ1) is 14.6. The maximum absolute atomic E-state index is 13.9. The summed E-state index contributed by atoms with van der Waals surface area (Å²) in [4.78, 5) is 14.2. The molecular formula is C18H18F2N2O. The van der Waals surface area contributed by atoms with Gasteiger partial charge < -0.3 is 4.57 Å². The molecule has 1 aromatic heterocycles. The van der Waals surface area contributed by atoms with Crippen LogP contribution >= 0.6 is 0 Å². The Kier molecular flexibility index (Phi) is 3.53. The Morgan fingerprint density at radius 1 is 1.09 bits per heavy atom. The molecule has 0 radical (unpaired) electrons. The van der Waals surface area contributed by atoms with Gasteiger partial charge in [-0.05, 0) is 36.6 Å². The summed E-state index contributed by atoms with van der Waals surface area (Å²) in [5, 5.41) is 0. The van der Waals surface area contributed by atoms with Crippen molar-refractivity contribution in [1.29, 1.82) is 0 Å². The van der Waals surface area contributed by atoms with Gasteiger partial charge in [-0.2, -0.15) is 0 Å². The molecule has 1 aromatic carbocycles. The number of hydrogen-bond acceptors (Lipinski definition) is 2. The fourth-order valence-corrected chi connectivity index (χ4v) is 4.03. The van der Waals surface area contributed by atoms with Crippen molar-refractivity contribution < 1.29 is 8.78 Å². The van der Waals surface area contributed by atoms with Crippen LogP contribution in [0.5, 0.6) is 0 Å². The molecule has 0 saturated carbocycles. The molecule has 2 aliphatic heterocycles. The van der Waals surface area contributed by atoms with Crippen molar-refractivity contribution in [1.82, 2.24) is 9.47 Å². The van der Waals surface area contributed by atoms with E-state index in [1.165, 1.54) is 12.1 Å². The van der Waals surface area contributed by atoms with E-state index in [0.717, 1.165) is 31.3 Å². The van der Waals surface area contributed by atoms with Gasteiger partial charge in [0.05, 0.1) is 0 Å². The number of nitrogens with zero attached hydrogens (tertiary/aromatic N) is 2. The van der Waals surface area contributed by atoms with Crippen LogP contribution in [0.1, 0.15) is 23.6 Å². The lowest BCUT2D eigenvalue weighted by atomic mass is 9.83. The van der Waals surface area contributed by atoms with E-state index in [-0.39, 0.29) is 17.3 Å². The Balaban J connectivity index is 1.59. The lowest BCUT2D eigenvalue weighted by Crippen LogP contribution is -2.46. The van der Waals surface area contributed by atoms with E-state index in [2.05, 4.69) is 4.90 Å². The molecule has 5 heteroatoms. The van der Waals surface area contributed by atoms with E-state index in [0.29, 0.717) is 24.6 Å². The first-order valence-electron chi connectivity index (χ1n) is 7.96. The van der Waals surface area contributed by atoms with Crippen LogP contribution in [-0.2, 0) is 13.1 Å². The van der Waals surface area contributed by atoms with E-state index in [4.69, 9.17) is 0 Å². The van der Waals surface area contributed by atoms with Gasteiger partial charge in [0.2, 0.25) is 0 Å². The van der Waals surface area contributed by atoms with Gasteiger partial charge in [0.1, 0.15) is 11.6 Å². The van der Waals surface area contributed by atoms with Crippen molar-refractivity contribution in [2.45, 2.75) is 25.4 Å². The average molecular weight is 316 g/mol. The van der Waals surface area contributed by atoms with Crippen molar-refractivity contribution >= 4 is 0 Å². The van der Waals surface area contributed by atoms with Crippen LogP contribution in [0.3, 0.4) is 0 Å². The summed E-state index contributed by atoms with van der Waals surface area (Å²) in [5.41, 5.74) is 1.52. The smallest absolute Gasteiger partial charge is 0.250 e. The maximum atomic E-state index is 13.9. The maximum Gasteiger partial charge on any atom is 0.250 e. The van der Waals surface area contributed by atoms with Crippen LogP contribution in [0.2, 0.25) is 0 Å². The van der Waals surface area contributed by atoms with Gasteiger partial charge in [0.25, 0.3) is 5.56 Å². The topological polar surface area (TPSA) is 25.2 Å². The zero-order valence-electron chi connectivity index (χ0n) is 12.7. The predicted molar refractivity (Wildman–Crippen MR) is 83.2 cm³/mol. The molecule has 120 valence electrons. The van der Waals surface area contributed by atoms with Crippen molar-refractivity contribution in [3.63, 3.8) is 0 Å². The molecule has 2 aliphatic rings. The summed E-state index contributed by atoms with van der Waals surface area (Å²) in [6.07, 6.45) is 1.06. The van der Waals surface area contributed by atoms with Gasteiger partial charge in [-0.1, -0.05) is 6.07 Å². The molecule has 0 aliphatic carbocycles. The minimum atomic E-state index is -0.407. The second kappa shape index (κ2) is 5.57. The molecule has 2 bridgehead atoms. The predicted octanol–water partition coefficient (Wildman–Crippen LogP) is 2.75. The highest BCUT2D eigenvalue weighted by Gasteiger charge is 2.34. The minimum Gasteiger partial charge on any atom is -0.312 e. The average Bonchev–Trinajstić information content (AvgIpc) is 2.52. The van der Waals surface area contributed by atoms with E-state index in [1.54, 1.807) is 12.1 Å². The number of likely N-dealkylation sites (tertiary alicyclic amines) is 1. The molecule has 0 N–H and O–H groups in total. The third kappa shape index (κ3) is 2.70. The molecule has 2 aromatic rings. The number of halogens is 2. The highest BCUT2D eigenvalue weighted by atomic mass is 19.1. The molecule has 4 rings (SSSR count). The number of aromatic nitrogens is 1. The molecule has 2 atom stereocenters. The highest BCUT2D eigenvalue weighted by Crippen LogP contribution is 2.35. The number of hydrogen-bond donors (Lipinski definition) is 0. The summed E-state index contributed by atoms with van der Waals surface area (Å²) in [5.74, 6) is -0.0970. The first-order valence-corrected chi connectivity index (χ1v) is 7.96. The highest BCUT2D eigenvalue weighted by molar-refractivity contribution is 5.20. The fourth-order valence-electron chi connectivity index (χ4n) is 4.03. The van der Waals surface area contributed by atoms with Gasteiger partial charge in [-0.3, -0.25) is 9.69 Å². The minimum absolute atomic E-state index is 0.0572. The van der Waals surface area contributed by atoms with Crippen LogP contribution in [0.4, 0.5) is 8.78 Å². The Labute approximate surface area is 133 Å². The summed E-state index contributed by atoms with van der Waals surface area (Å²) in [7, 11) is 0. The monoisotopic (exact) mass is 316 g/mol. The fraction of sp³-hybridized carbons (Fsp3) is 0.389. The normalized spacial score (nSPS) is 23.6. The summed E-state index contributed by atoms with van der Waals surface area (Å²) in [6, 6.07) is 9.02. The van der Waals surface area contributed by atoms with E-state index in [1.807, 2.05) is 10.6 Å². The zero-order chi connectivity index (χ0) is 16.0. The molecule has 0 unspecified atom stereocenters. The van der Waals surface area contributed by atoms with Crippen molar-refractivity contribution in [3.05, 3.63) is 69.6 Å². The molecule has 23 heavy (non-hydrogen) atoms. The zero-order valence-corrected chi connectivity index (χ0v) is 12.7. The van der Waals surface area contributed by atoms with Gasteiger partial charge >= 0.3 is 0 Å². The number of rotatable bonds is 2. The van der Waals surface area contributed by atoms with Crippen molar-refractivity contribution in [3.8, 4) is 0 Å². The third-order valence-corrected chi connectivity index (χ3v) is 4.96. The molecule has 1 fully saturated rings. The standard InChI is InChI=1S/C18H18F2N2O/c19-15-4-5-16(20)13(7-15)10-21-8-12-6-14(11-21)17-2-1-3-18(23)22(17)9-12/h1-5,7,12,14H,6,8-11H2/t12-,14+/m1/s1. The Morgan fingerprint density at radius 2 is 1.96 bits per heavy atom. The second-order valence-electron chi connectivity index (χ2n) is 6.63. The van der Waals surface area contributed by atoms with Crippen LogP contribution in [0, 0.1) is 17.6 Å². The molecule has 1 saturated heterocycles. The molecule has 0 spiro atoms. The molecule has 0 amide bonds. The Bertz CT molecular complexity index is 802. The quantitative estimate of drug-likeness (QED) is 0.851. The Hall–Kier alpha value is -2.01. The van der Waals surface area contributed by atoms with Gasteiger partial charge in [-0.25, -0.2) is 8.78 Å². The summed E-state index contributed by atoms with van der Waals surface area (Å²) < 4.78 is 29.1. The SMILES string of the molecule is O=c1cccc2n1C[C@@H]1C[C@H]2CN(Cc2cc(F)ccc2F)C1. The van der Waals surface area contributed by atoms with Gasteiger partial charge in [-0.15, -0.1) is 0 Å². The first-order chi connectivity index (χ1) is 11.1. The molecular weight excluding hydrogens is 298 g/mol. The number of benzene rings is 1. The van der Waals surface area contributed by atoms with Crippen molar-refractivity contribution in [2.24, 2.45) is 5.92 Å². The van der Waals surface area contributed by atoms with E-state index < -0.39 is 5.82 Å². The van der Waals surface area contributed by atoms with E-state index in [9.17, 15) is 13.6 Å². The molecule has 3 nitrogen and oxygen atoms in total. The van der Waals surface area contributed by atoms with Crippen LogP contribution in [0.15, 0.2) is 41.2 Å². The number of pyridine rings is 1. The lowest BCUT2D eigenvalue weighted by Gasteiger charge is -2.42. The lowest BCUT2D eigenvalue weighted by molar-refractivity contribution is 0.113. The summed E-state index contributed by atoms with van der Waals surface area (Å²) >= 11 is 0. The molecule has 3 heterocycles. The summed E-state index contributed by atoms with van der Waals surface area (Å²) in [6.45, 7) is 2.71. The third-order valence-electron chi connectivity index (χ3n) is 4.96. The van der Waals surface area contributed by atoms with E-state index >= 15 is 0 Å². The number of piperidine rings is 1.